The van der Waals surface area contributed by atoms with Gasteiger partial charge in [-0.25, -0.2) is 4.39 Å². The number of nitrogens with zero attached hydrogens (tertiary/aromatic N) is 2. The molecule has 0 aliphatic rings. The first-order valence-electron chi connectivity index (χ1n) is 6.52. The summed E-state index contributed by atoms with van der Waals surface area (Å²) in [7, 11) is 0. The van der Waals surface area contributed by atoms with E-state index in [2.05, 4.69) is 23.0 Å². The molecule has 0 atom stereocenters. The molecule has 2 aromatic heterocycles. The van der Waals surface area contributed by atoms with Gasteiger partial charge in [-0.05, 0) is 30.5 Å². The van der Waals surface area contributed by atoms with E-state index < -0.39 is 5.41 Å². The molecule has 0 amide bonds. The first-order chi connectivity index (χ1) is 8.96. The zero-order valence-corrected chi connectivity index (χ0v) is 11.9. The van der Waals surface area contributed by atoms with Crippen molar-refractivity contribution in [3.8, 4) is 0 Å². The molecule has 2 rings (SSSR count). The van der Waals surface area contributed by atoms with Gasteiger partial charge in [0.1, 0.15) is 5.82 Å². The van der Waals surface area contributed by atoms with Crippen molar-refractivity contribution in [2.45, 2.75) is 39.5 Å². The molecule has 2 nitrogen and oxygen atoms in total. The van der Waals surface area contributed by atoms with Gasteiger partial charge in [-0.1, -0.05) is 26.8 Å². The zero-order chi connectivity index (χ0) is 14.0. The predicted molar refractivity (Wildman–Crippen MR) is 74.7 cm³/mol. The number of rotatable bonds is 3. The van der Waals surface area contributed by atoms with Crippen LogP contribution in [-0.4, -0.2) is 9.97 Å². The largest absolute Gasteiger partial charge is 0.262 e. The summed E-state index contributed by atoms with van der Waals surface area (Å²) in [5.74, 6) is -0.273. The second-order valence-corrected chi connectivity index (χ2v) is 5.32. The predicted octanol–water partition coefficient (Wildman–Crippen LogP) is 3.81. The fraction of sp³-hybridized carbons (Fsp3) is 0.375. The maximum atomic E-state index is 13.9. The van der Waals surface area contributed by atoms with E-state index in [0.717, 1.165) is 23.2 Å². The molecule has 3 heteroatoms. The highest BCUT2D eigenvalue weighted by molar-refractivity contribution is 5.38. The van der Waals surface area contributed by atoms with Crippen LogP contribution in [0, 0.1) is 12.7 Å². The van der Waals surface area contributed by atoms with Crippen molar-refractivity contribution in [1.29, 1.82) is 0 Å². The Bertz CT molecular complexity index is 591. The Balaban J connectivity index is 2.50. The third-order valence-electron chi connectivity index (χ3n) is 3.69. The Kier molecular flexibility index (Phi) is 3.65. The Morgan fingerprint density at radius 1 is 1.26 bits per heavy atom. The van der Waals surface area contributed by atoms with Crippen molar-refractivity contribution >= 4 is 0 Å². The highest BCUT2D eigenvalue weighted by atomic mass is 19.1. The lowest BCUT2D eigenvalue weighted by atomic mass is 9.78. The van der Waals surface area contributed by atoms with Crippen LogP contribution in [0.3, 0.4) is 0 Å². The van der Waals surface area contributed by atoms with E-state index in [1.165, 1.54) is 6.20 Å². The molecular formula is C16H19FN2. The van der Waals surface area contributed by atoms with Crippen molar-refractivity contribution < 1.29 is 4.39 Å². The summed E-state index contributed by atoms with van der Waals surface area (Å²) in [6.45, 7) is 8.15. The molecule has 0 fully saturated rings. The maximum Gasteiger partial charge on any atom is 0.145 e. The lowest BCUT2D eigenvalue weighted by Gasteiger charge is -2.26. The Morgan fingerprint density at radius 2 is 2.00 bits per heavy atom. The summed E-state index contributed by atoms with van der Waals surface area (Å²) in [4.78, 5) is 8.29. The molecule has 0 saturated carbocycles. The molecule has 0 spiro atoms. The number of aromatic nitrogens is 2. The molecule has 0 unspecified atom stereocenters. The third-order valence-corrected chi connectivity index (χ3v) is 3.69. The van der Waals surface area contributed by atoms with E-state index in [1.54, 1.807) is 12.3 Å². The molecule has 0 saturated heterocycles. The summed E-state index contributed by atoms with van der Waals surface area (Å²) in [6, 6.07) is 3.84. The summed E-state index contributed by atoms with van der Waals surface area (Å²) < 4.78 is 13.9. The number of aryl methyl sites for hydroxylation is 2. The topological polar surface area (TPSA) is 25.8 Å². The number of hydrogen-bond acceptors (Lipinski definition) is 2. The Morgan fingerprint density at radius 3 is 2.58 bits per heavy atom. The molecule has 0 bridgehead atoms. The third kappa shape index (κ3) is 2.50. The molecule has 0 aromatic carbocycles. The van der Waals surface area contributed by atoms with E-state index in [-0.39, 0.29) is 5.82 Å². The Hall–Kier alpha value is -1.77. The summed E-state index contributed by atoms with van der Waals surface area (Å²) in [5, 5.41) is 0. The second-order valence-electron chi connectivity index (χ2n) is 5.32. The molecule has 100 valence electrons. The normalized spacial score (nSPS) is 11.6. The van der Waals surface area contributed by atoms with Crippen molar-refractivity contribution in [1.82, 2.24) is 9.97 Å². The van der Waals surface area contributed by atoms with Gasteiger partial charge in [0.2, 0.25) is 0 Å². The van der Waals surface area contributed by atoms with Crippen LogP contribution >= 0.6 is 0 Å². The fourth-order valence-corrected chi connectivity index (χ4v) is 2.35. The number of halogens is 1. The molecule has 19 heavy (non-hydrogen) atoms. The summed E-state index contributed by atoms with van der Waals surface area (Å²) in [6.07, 6.45) is 5.65. The average molecular weight is 258 g/mol. The minimum atomic E-state index is -0.420. The average Bonchev–Trinajstić information content (AvgIpc) is 2.39. The first-order valence-corrected chi connectivity index (χ1v) is 6.52. The van der Waals surface area contributed by atoms with Crippen LogP contribution in [0.4, 0.5) is 4.39 Å². The molecule has 0 aliphatic heterocycles. The van der Waals surface area contributed by atoms with E-state index in [1.807, 2.05) is 27.0 Å². The molecule has 2 aromatic rings. The van der Waals surface area contributed by atoms with E-state index in [0.29, 0.717) is 5.56 Å². The Labute approximate surface area is 113 Å². The zero-order valence-electron chi connectivity index (χ0n) is 11.9. The van der Waals surface area contributed by atoms with Gasteiger partial charge >= 0.3 is 0 Å². The second kappa shape index (κ2) is 5.08. The van der Waals surface area contributed by atoms with Crippen LogP contribution in [0.15, 0.2) is 30.7 Å². The van der Waals surface area contributed by atoms with Crippen molar-refractivity contribution in [2.24, 2.45) is 0 Å². The van der Waals surface area contributed by atoms with Crippen LogP contribution < -0.4 is 0 Å². The van der Waals surface area contributed by atoms with Crippen molar-refractivity contribution in [3.63, 3.8) is 0 Å². The fourth-order valence-electron chi connectivity index (χ4n) is 2.35. The van der Waals surface area contributed by atoms with Gasteiger partial charge in [-0.15, -0.1) is 0 Å². The van der Waals surface area contributed by atoms with Crippen LogP contribution in [0.1, 0.15) is 43.2 Å². The van der Waals surface area contributed by atoms with Gasteiger partial charge in [0.05, 0.1) is 6.20 Å². The first kappa shape index (κ1) is 13.7. The summed E-state index contributed by atoms with van der Waals surface area (Å²) in [5.41, 5.74) is 3.49. The van der Waals surface area contributed by atoms with Crippen LogP contribution in [0.5, 0.6) is 0 Å². The van der Waals surface area contributed by atoms with Crippen LogP contribution in [-0.2, 0) is 11.8 Å². The molecule has 0 radical (unpaired) electrons. The van der Waals surface area contributed by atoms with E-state index >= 15 is 0 Å². The van der Waals surface area contributed by atoms with Gasteiger partial charge in [0.15, 0.2) is 0 Å². The molecular weight excluding hydrogens is 239 g/mol. The quantitative estimate of drug-likeness (QED) is 0.836. The smallest absolute Gasteiger partial charge is 0.145 e. The maximum absolute atomic E-state index is 13.9. The van der Waals surface area contributed by atoms with E-state index in [4.69, 9.17) is 0 Å². The lowest BCUT2D eigenvalue weighted by molar-refractivity contribution is 0.542. The summed E-state index contributed by atoms with van der Waals surface area (Å²) >= 11 is 0. The van der Waals surface area contributed by atoms with Gasteiger partial charge in [0.25, 0.3) is 0 Å². The number of hydrogen-bond donors (Lipinski definition) is 0. The molecule has 0 N–H and O–H groups in total. The minimum Gasteiger partial charge on any atom is -0.262 e. The molecule has 0 aliphatic carbocycles. The van der Waals surface area contributed by atoms with Gasteiger partial charge in [-0.3, -0.25) is 9.97 Å². The minimum absolute atomic E-state index is 0.273. The van der Waals surface area contributed by atoms with Crippen molar-refractivity contribution in [2.75, 3.05) is 0 Å². The SMILES string of the molecule is CCc1ncc(C(C)(C)c2ccncc2F)cc1C. The standard InChI is InChI=1S/C16H19FN2/c1-5-15-11(2)8-12(9-19-15)16(3,4)13-6-7-18-10-14(13)17/h6-10H,5H2,1-4H3. The highest BCUT2D eigenvalue weighted by Gasteiger charge is 2.27. The van der Waals surface area contributed by atoms with E-state index in [9.17, 15) is 4.39 Å². The monoisotopic (exact) mass is 258 g/mol. The van der Waals surface area contributed by atoms with Crippen LogP contribution in [0.2, 0.25) is 0 Å². The molecule has 2 heterocycles. The van der Waals surface area contributed by atoms with Crippen LogP contribution in [0.25, 0.3) is 0 Å². The van der Waals surface area contributed by atoms with Gasteiger partial charge in [0, 0.05) is 29.1 Å². The lowest BCUT2D eigenvalue weighted by Crippen LogP contribution is -2.21. The highest BCUT2D eigenvalue weighted by Crippen LogP contribution is 2.33. The van der Waals surface area contributed by atoms with Crippen molar-refractivity contribution in [3.05, 3.63) is 58.9 Å². The van der Waals surface area contributed by atoms with Gasteiger partial charge < -0.3 is 0 Å². The number of pyridine rings is 2. The van der Waals surface area contributed by atoms with Gasteiger partial charge in [-0.2, -0.15) is 0 Å².